The van der Waals surface area contributed by atoms with Crippen LogP contribution in [0.5, 0.6) is 0 Å². The van der Waals surface area contributed by atoms with Crippen molar-refractivity contribution in [2.75, 3.05) is 0 Å². The van der Waals surface area contributed by atoms with Crippen LogP contribution in [0.4, 0.5) is 0 Å². The molecule has 3 nitrogen and oxygen atoms in total. The number of hydrogen-bond donors (Lipinski definition) is 1. The van der Waals surface area contributed by atoms with Crippen molar-refractivity contribution < 1.29 is 4.79 Å². The Hall–Kier alpha value is -0.850. The van der Waals surface area contributed by atoms with Gasteiger partial charge in [0.05, 0.1) is 12.1 Å². The summed E-state index contributed by atoms with van der Waals surface area (Å²) >= 11 is 6.80. The average molecular weight is 439 g/mol. The molecule has 1 saturated carbocycles. The van der Waals surface area contributed by atoms with E-state index in [1.54, 1.807) is 23.1 Å². The zero-order valence-corrected chi connectivity index (χ0v) is 17.4. The highest BCUT2D eigenvalue weighted by Crippen LogP contribution is 2.27. The van der Waals surface area contributed by atoms with E-state index >= 15 is 0 Å². The molecule has 0 spiro atoms. The Morgan fingerprint density at radius 3 is 2.64 bits per heavy atom. The molecule has 0 radical (unpaired) electrons. The Bertz CT molecular complexity index is 679. The first kappa shape index (κ1) is 18.9. The number of thioether (sulfide) groups is 1. The lowest BCUT2D eigenvalue weighted by atomic mass is 10.1. The fourth-order valence-corrected chi connectivity index (χ4v) is 5.09. The van der Waals surface area contributed by atoms with Gasteiger partial charge in [-0.2, -0.15) is 0 Å². The predicted octanol–water partition coefficient (Wildman–Crippen LogP) is 5.58. The minimum atomic E-state index is 0.113. The van der Waals surface area contributed by atoms with Crippen LogP contribution in [0, 0.1) is 0 Å². The normalized spacial score (nSPS) is 15.7. The molecule has 1 heterocycles. The van der Waals surface area contributed by atoms with E-state index < -0.39 is 0 Å². The molecule has 0 unspecified atom stereocenters. The third-order valence-electron chi connectivity index (χ3n) is 4.37. The average Bonchev–Trinajstić information content (AvgIpc) is 2.88. The molecule has 1 aliphatic rings. The van der Waals surface area contributed by atoms with Crippen LogP contribution in [0.15, 0.2) is 38.5 Å². The highest BCUT2D eigenvalue weighted by molar-refractivity contribution is 9.10. The molecule has 1 aliphatic carbocycles. The summed E-state index contributed by atoms with van der Waals surface area (Å²) in [6.45, 7) is 0. The summed E-state index contributed by atoms with van der Waals surface area (Å²) in [5.74, 6) is 1.01. The summed E-state index contributed by atoms with van der Waals surface area (Å²) in [5.41, 5.74) is 2.16. The predicted molar refractivity (Wildman–Crippen MR) is 109 cm³/mol. The second kappa shape index (κ2) is 9.74. The standard InChI is InChI=1S/C19H23BrN2OS2/c20-15-9-7-14(8-10-15)12-24-19-22-17(13-25-19)11-18(23)21-16-5-3-1-2-4-6-16/h7-10,13,16H,1-6,11-12H2,(H,21,23). The minimum absolute atomic E-state index is 0.113. The molecule has 0 atom stereocenters. The van der Waals surface area contributed by atoms with Crippen LogP contribution in [0.25, 0.3) is 0 Å². The number of thiazole rings is 1. The molecule has 134 valence electrons. The van der Waals surface area contributed by atoms with Crippen molar-refractivity contribution in [3.05, 3.63) is 45.4 Å². The lowest BCUT2D eigenvalue weighted by Crippen LogP contribution is -2.35. The highest BCUT2D eigenvalue weighted by Gasteiger charge is 2.16. The van der Waals surface area contributed by atoms with Crippen LogP contribution in [-0.2, 0) is 17.0 Å². The Kier molecular flexibility index (Phi) is 7.37. The molecule has 2 aromatic rings. The van der Waals surface area contributed by atoms with Crippen molar-refractivity contribution in [3.63, 3.8) is 0 Å². The first-order chi connectivity index (χ1) is 12.2. The Morgan fingerprint density at radius 1 is 1.20 bits per heavy atom. The number of carbonyl (C=O) groups is 1. The van der Waals surface area contributed by atoms with E-state index in [1.165, 1.54) is 31.2 Å². The quantitative estimate of drug-likeness (QED) is 0.472. The first-order valence-corrected chi connectivity index (χ1v) is 11.5. The van der Waals surface area contributed by atoms with Gasteiger partial charge in [-0.15, -0.1) is 11.3 Å². The van der Waals surface area contributed by atoms with Crippen LogP contribution < -0.4 is 5.32 Å². The van der Waals surface area contributed by atoms with E-state index in [-0.39, 0.29) is 5.91 Å². The highest BCUT2D eigenvalue weighted by atomic mass is 79.9. The summed E-state index contributed by atoms with van der Waals surface area (Å²) in [5, 5.41) is 5.20. The van der Waals surface area contributed by atoms with Gasteiger partial charge < -0.3 is 5.32 Å². The van der Waals surface area contributed by atoms with Crippen LogP contribution in [0.2, 0.25) is 0 Å². The molecular weight excluding hydrogens is 416 g/mol. The van der Waals surface area contributed by atoms with E-state index in [0.29, 0.717) is 12.5 Å². The molecule has 1 fully saturated rings. The molecule has 1 aromatic heterocycles. The van der Waals surface area contributed by atoms with E-state index in [1.807, 2.05) is 5.38 Å². The third kappa shape index (κ3) is 6.42. The van der Waals surface area contributed by atoms with Crippen LogP contribution >= 0.6 is 39.0 Å². The van der Waals surface area contributed by atoms with Gasteiger partial charge >= 0.3 is 0 Å². The van der Waals surface area contributed by atoms with Gasteiger partial charge in [-0.05, 0) is 30.5 Å². The first-order valence-electron chi connectivity index (χ1n) is 8.80. The summed E-state index contributed by atoms with van der Waals surface area (Å²) in [4.78, 5) is 16.9. The topological polar surface area (TPSA) is 42.0 Å². The Labute approximate surface area is 166 Å². The summed E-state index contributed by atoms with van der Waals surface area (Å²) in [6.07, 6.45) is 7.71. The maximum atomic E-state index is 12.3. The molecule has 6 heteroatoms. The number of amides is 1. The molecule has 1 aromatic carbocycles. The van der Waals surface area contributed by atoms with Crippen molar-refractivity contribution in [2.24, 2.45) is 0 Å². The van der Waals surface area contributed by atoms with Crippen LogP contribution in [-0.4, -0.2) is 16.9 Å². The maximum absolute atomic E-state index is 12.3. The van der Waals surface area contributed by atoms with Crippen LogP contribution in [0.1, 0.15) is 49.8 Å². The van der Waals surface area contributed by atoms with Crippen molar-refractivity contribution in [3.8, 4) is 0 Å². The minimum Gasteiger partial charge on any atom is -0.353 e. The van der Waals surface area contributed by atoms with Crippen molar-refractivity contribution >= 4 is 44.9 Å². The van der Waals surface area contributed by atoms with E-state index in [9.17, 15) is 4.79 Å². The number of rotatable bonds is 6. The number of aromatic nitrogens is 1. The van der Waals surface area contributed by atoms with Gasteiger partial charge in [0, 0.05) is 21.6 Å². The van der Waals surface area contributed by atoms with Gasteiger partial charge in [0.1, 0.15) is 4.34 Å². The Balaban J connectivity index is 1.45. The van der Waals surface area contributed by atoms with Gasteiger partial charge in [0.2, 0.25) is 5.91 Å². The molecular formula is C19H23BrN2OS2. The SMILES string of the molecule is O=C(Cc1csc(SCc2ccc(Br)cc2)n1)NC1CCCCCC1. The van der Waals surface area contributed by atoms with Gasteiger partial charge in [0.25, 0.3) is 0 Å². The largest absolute Gasteiger partial charge is 0.353 e. The summed E-state index contributed by atoms with van der Waals surface area (Å²) < 4.78 is 2.12. The molecule has 25 heavy (non-hydrogen) atoms. The second-order valence-electron chi connectivity index (χ2n) is 6.45. The van der Waals surface area contributed by atoms with Gasteiger partial charge in [0.15, 0.2) is 0 Å². The number of hydrogen-bond acceptors (Lipinski definition) is 4. The zero-order chi connectivity index (χ0) is 17.5. The van der Waals surface area contributed by atoms with Crippen LogP contribution in [0.3, 0.4) is 0 Å². The summed E-state index contributed by atoms with van der Waals surface area (Å²) in [6, 6.07) is 8.71. The zero-order valence-electron chi connectivity index (χ0n) is 14.2. The number of nitrogens with one attached hydrogen (secondary N) is 1. The fourth-order valence-electron chi connectivity index (χ4n) is 3.03. The van der Waals surface area contributed by atoms with Crippen molar-refractivity contribution in [2.45, 2.75) is 61.1 Å². The molecule has 1 N–H and O–H groups in total. The molecule has 0 bridgehead atoms. The van der Waals surface area contributed by atoms with E-state index in [4.69, 9.17) is 0 Å². The van der Waals surface area contributed by atoms with Crippen molar-refractivity contribution in [1.29, 1.82) is 0 Å². The molecule has 1 amide bonds. The number of carbonyl (C=O) groups excluding carboxylic acids is 1. The summed E-state index contributed by atoms with van der Waals surface area (Å²) in [7, 11) is 0. The van der Waals surface area contributed by atoms with Crippen molar-refractivity contribution in [1.82, 2.24) is 10.3 Å². The maximum Gasteiger partial charge on any atom is 0.226 e. The molecule has 3 rings (SSSR count). The molecule has 0 aliphatic heterocycles. The third-order valence-corrected chi connectivity index (χ3v) is 7.04. The lowest BCUT2D eigenvalue weighted by molar-refractivity contribution is -0.121. The van der Waals surface area contributed by atoms with E-state index in [2.05, 4.69) is 50.5 Å². The Morgan fingerprint density at radius 2 is 1.92 bits per heavy atom. The number of nitrogens with zero attached hydrogens (tertiary/aromatic N) is 1. The van der Waals surface area contributed by atoms with E-state index in [0.717, 1.165) is 33.1 Å². The van der Waals surface area contributed by atoms with Gasteiger partial charge in [-0.3, -0.25) is 4.79 Å². The second-order valence-corrected chi connectivity index (χ2v) is 9.45. The number of benzene rings is 1. The fraction of sp³-hybridized carbons (Fsp3) is 0.474. The molecule has 0 saturated heterocycles. The van der Waals surface area contributed by atoms with Gasteiger partial charge in [-0.25, -0.2) is 4.98 Å². The lowest BCUT2D eigenvalue weighted by Gasteiger charge is -2.15. The van der Waals surface area contributed by atoms with Gasteiger partial charge in [-0.1, -0.05) is 65.5 Å². The number of halogens is 1. The smallest absolute Gasteiger partial charge is 0.226 e. The monoisotopic (exact) mass is 438 g/mol.